The Morgan fingerprint density at radius 2 is 2.18 bits per heavy atom. The predicted molar refractivity (Wildman–Crippen MR) is 69.2 cm³/mol. The second-order valence-corrected chi connectivity index (χ2v) is 6.28. The maximum atomic E-state index is 12.2. The van der Waals surface area contributed by atoms with E-state index in [0.717, 1.165) is 0 Å². The lowest BCUT2D eigenvalue weighted by Crippen LogP contribution is -2.35. The van der Waals surface area contributed by atoms with Crippen molar-refractivity contribution in [1.82, 2.24) is 20.2 Å². The minimum atomic E-state index is -4.76. The first kappa shape index (κ1) is 15.1. The molecule has 1 aromatic heterocycles. The summed E-state index contributed by atoms with van der Waals surface area (Å²) >= 11 is 0. The topological polar surface area (TPSA) is 152 Å². The van der Waals surface area contributed by atoms with Crippen LogP contribution < -0.4 is 5.73 Å². The molecule has 12 heteroatoms. The zero-order valence-corrected chi connectivity index (χ0v) is 12.4. The van der Waals surface area contributed by atoms with Crippen LogP contribution in [0.4, 0.5) is 4.79 Å². The van der Waals surface area contributed by atoms with Crippen LogP contribution in [-0.2, 0) is 14.7 Å². The molecule has 0 aliphatic carbocycles. The molecule has 3 N–H and O–H groups in total. The van der Waals surface area contributed by atoms with Crippen molar-refractivity contribution in [3.05, 3.63) is 11.8 Å². The molecule has 2 bridgehead atoms. The average Bonchev–Trinajstić information content (AvgIpc) is 2.99. The molecular formula is C10H15N5O6S. The van der Waals surface area contributed by atoms with Gasteiger partial charge < -0.3 is 15.1 Å². The van der Waals surface area contributed by atoms with Crippen LogP contribution in [-0.4, -0.2) is 51.7 Å². The summed E-state index contributed by atoms with van der Waals surface area (Å²) < 4.78 is 40.2. The summed E-state index contributed by atoms with van der Waals surface area (Å²) in [5.41, 5.74) is 5.65. The molecule has 0 aromatic carbocycles. The molecule has 2 aliphatic rings. The summed E-state index contributed by atoms with van der Waals surface area (Å²) in [6.45, 7) is 1.94. The fraction of sp³-hybridized carbons (Fsp3) is 0.700. The van der Waals surface area contributed by atoms with Crippen molar-refractivity contribution >= 4 is 16.4 Å². The SMILES string of the molecule is C[C@@H](N)c1nnc([C@H]2CC[C@@H]3CN2C(=O)N3OS(=O)(=O)O)o1. The van der Waals surface area contributed by atoms with Crippen molar-refractivity contribution in [2.45, 2.75) is 37.9 Å². The number of hydrogen-bond donors (Lipinski definition) is 2. The van der Waals surface area contributed by atoms with E-state index in [9.17, 15) is 13.2 Å². The summed E-state index contributed by atoms with van der Waals surface area (Å²) in [6.07, 6.45) is 0.973. The highest BCUT2D eigenvalue weighted by Crippen LogP contribution is 2.38. The van der Waals surface area contributed by atoms with Gasteiger partial charge in [-0.15, -0.1) is 14.5 Å². The van der Waals surface area contributed by atoms with E-state index in [4.69, 9.17) is 14.7 Å². The zero-order chi connectivity index (χ0) is 16.1. The minimum absolute atomic E-state index is 0.243. The lowest BCUT2D eigenvalue weighted by molar-refractivity contribution is -0.0317. The second kappa shape index (κ2) is 5.15. The molecule has 122 valence electrons. The largest absolute Gasteiger partial charge is 0.421 e. The summed E-state index contributed by atoms with van der Waals surface area (Å²) in [7, 11) is -4.76. The van der Waals surface area contributed by atoms with Gasteiger partial charge in [0.1, 0.15) is 6.04 Å². The maximum absolute atomic E-state index is 12.2. The first-order valence-electron chi connectivity index (χ1n) is 6.62. The highest BCUT2D eigenvalue weighted by atomic mass is 32.3. The first-order chi connectivity index (χ1) is 10.3. The van der Waals surface area contributed by atoms with E-state index < -0.39 is 34.6 Å². The van der Waals surface area contributed by atoms with Gasteiger partial charge in [-0.05, 0) is 19.8 Å². The van der Waals surface area contributed by atoms with E-state index in [1.54, 1.807) is 6.92 Å². The van der Waals surface area contributed by atoms with Gasteiger partial charge in [0, 0.05) is 6.54 Å². The van der Waals surface area contributed by atoms with Crippen LogP contribution in [0.25, 0.3) is 0 Å². The number of piperidine rings is 1. The molecule has 11 nitrogen and oxygen atoms in total. The standard InChI is InChI=1S/C10H15N5O6S/c1-5(11)8-12-13-9(20-8)7-3-2-6-4-14(7)10(16)15(6)21-22(17,18)19/h5-7H,2-4,11H2,1H3,(H,17,18,19)/t5-,6-,7-/m1/s1. The molecule has 1 aromatic rings. The van der Waals surface area contributed by atoms with Crippen molar-refractivity contribution in [1.29, 1.82) is 0 Å². The van der Waals surface area contributed by atoms with Gasteiger partial charge in [0.05, 0.1) is 12.1 Å². The Morgan fingerprint density at radius 3 is 2.77 bits per heavy atom. The van der Waals surface area contributed by atoms with Gasteiger partial charge in [0.25, 0.3) is 0 Å². The molecule has 0 unspecified atom stereocenters. The van der Waals surface area contributed by atoms with Crippen molar-refractivity contribution in [3.63, 3.8) is 0 Å². The Kier molecular flexibility index (Phi) is 3.55. The number of rotatable bonds is 4. The lowest BCUT2D eigenvalue weighted by Gasteiger charge is -2.27. The number of fused-ring (bicyclic) bond motifs is 2. The molecule has 2 saturated heterocycles. The van der Waals surface area contributed by atoms with Gasteiger partial charge in [-0.2, -0.15) is 13.5 Å². The van der Waals surface area contributed by atoms with E-state index >= 15 is 0 Å². The molecule has 0 radical (unpaired) electrons. The third kappa shape index (κ3) is 2.65. The molecule has 0 spiro atoms. The molecule has 0 saturated carbocycles. The van der Waals surface area contributed by atoms with Gasteiger partial charge in [-0.3, -0.25) is 4.55 Å². The van der Waals surface area contributed by atoms with Gasteiger partial charge in [0.15, 0.2) is 0 Å². The van der Waals surface area contributed by atoms with Crippen molar-refractivity contribution in [2.24, 2.45) is 5.73 Å². The number of hydrogen-bond acceptors (Lipinski definition) is 8. The Morgan fingerprint density at radius 1 is 1.45 bits per heavy atom. The lowest BCUT2D eigenvalue weighted by atomic mass is 10.0. The number of carbonyl (C=O) groups excluding carboxylic acids is 1. The Balaban J connectivity index is 1.82. The van der Waals surface area contributed by atoms with Crippen LogP contribution in [0.1, 0.15) is 43.6 Å². The Hall–Kier alpha value is -1.76. The number of nitrogens with zero attached hydrogens (tertiary/aromatic N) is 4. The predicted octanol–water partition coefficient (Wildman–Crippen LogP) is -0.235. The van der Waals surface area contributed by atoms with Crippen molar-refractivity contribution in [3.8, 4) is 0 Å². The van der Waals surface area contributed by atoms with Crippen LogP contribution >= 0.6 is 0 Å². The molecule has 22 heavy (non-hydrogen) atoms. The zero-order valence-electron chi connectivity index (χ0n) is 11.6. The average molecular weight is 333 g/mol. The van der Waals surface area contributed by atoms with Crippen molar-refractivity contribution < 1.29 is 26.5 Å². The molecule has 2 aliphatic heterocycles. The molecule has 2 fully saturated rings. The van der Waals surface area contributed by atoms with Crippen LogP contribution in [0.2, 0.25) is 0 Å². The van der Waals surface area contributed by atoms with Crippen LogP contribution in [0.15, 0.2) is 4.42 Å². The Labute approximate surface area is 125 Å². The molecule has 3 atom stereocenters. The summed E-state index contributed by atoms with van der Waals surface area (Å²) in [4.78, 5) is 13.6. The first-order valence-corrected chi connectivity index (χ1v) is 7.98. The third-order valence-corrected chi connectivity index (χ3v) is 3.98. The van der Waals surface area contributed by atoms with Crippen LogP contribution in [0, 0.1) is 0 Å². The highest BCUT2D eigenvalue weighted by Gasteiger charge is 2.49. The van der Waals surface area contributed by atoms with E-state index in [2.05, 4.69) is 14.5 Å². The molecule has 2 amide bonds. The highest BCUT2D eigenvalue weighted by molar-refractivity contribution is 7.80. The van der Waals surface area contributed by atoms with Crippen LogP contribution in [0.3, 0.4) is 0 Å². The van der Waals surface area contributed by atoms with E-state index in [-0.39, 0.29) is 18.3 Å². The Bertz CT molecular complexity index is 688. The van der Waals surface area contributed by atoms with Gasteiger partial charge in [-0.1, -0.05) is 0 Å². The molecule has 3 rings (SSSR count). The van der Waals surface area contributed by atoms with Crippen molar-refractivity contribution in [2.75, 3.05) is 6.54 Å². The van der Waals surface area contributed by atoms with Gasteiger partial charge in [0.2, 0.25) is 11.8 Å². The summed E-state index contributed by atoms with van der Waals surface area (Å²) in [6, 6.07) is -2.03. The summed E-state index contributed by atoms with van der Waals surface area (Å²) in [5.74, 6) is 0.502. The number of amides is 2. The fourth-order valence-corrected chi connectivity index (χ4v) is 3.04. The normalized spacial score (nSPS) is 26.6. The minimum Gasteiger partial charge on any atom is -0.421 e. The van der Waals surface area contributed by atoms with Gasteiger partial charge in [-0.25, -0.2) is 4.79 Å². The molecular weight excluding hydrogens is 318 g/mol. The van der Waals surface area contributed by atoms with E-state index in [1.165, 1.54) is 4.90 Å². The quantitative estimate of drug-likeness (QED) is 0.711. The summed E-state index contributed by atoms with van der Waals surface area (Å²) in [5, 5.41) is 8.38. The monoisotopic (exact) mass is 333 g/mol. The number of carbonyl (C=O) groups is 1. The van der Waals surface area contributed by atoms with E-state index in [1.807, 2.05) is 0 Å². The van der Waals surface area contributed by atoms with Crippen LogP contribution in [0.5, 0.6) is 0 Å². The van der Waals surface area contributed by atoms with Gasteiger partial charge >= 0.3 is 16.4 Å². The second-order valence-electron chi connectivity index (χ2n) is 5.28. The number of aromatic nitrogens is 2. The fourth-order valence-electron chi connectivity index (χ4n) is 2.65. The number of hydroxylamine groups is 2. The van der Waals surface area contributed by atoms with E-state index in [0.29, 0.717) is 17.9 Å². The third-order valence-electron chi connectivity index (χ3n) is 3.63. The molecule has 3 heterocycles. The number of urea groups is 1. The number of nitrogens with two attached hydrogens (primary N) is 1. The smallest absolute Gasteiger partial charge is 0.418 e. The maximum Gasteiger partial charge on any atom is 0.418 e.